The highest BCUT2D eigenvalue weighted by Gasteiger charge is 2.29. The number of aryl methyl sites for hydroxylation is 1. The van der Waals surface area contributed by atoms with Gasteiger partial charge in [-0.05, 0) is 43.9 Å². The fraction of sp³-hybridized carbons (Fsp3) is 0.500. The van der Waals surface area contributed by atoms with Crippen LogP contribution in [0.5, 0.6) is 0 Å². The van der Waals surface area contributed by atoms with Crippen LogP contribution in [0.4, 0.5) is 11.4 Å². The zero-order chi connectivity index (χ0) is 21.1. The van der Waals surface area contributed by atoms with Gasteiger partial charge < -0.3 is 14.8 Å². The third kappa shape index (κ3) is 4.25. The fourth-order valence-corrected chi connectivity index (χ4v) is 5.92. The van der Waals surface area contributed by atoms with Gasteiger partial charge >= 0.3 is 0 Å². The van der Waals surface area contributed by atoms with E-state index in [9.17, 15) is 13.2 Å². The number of nitrogens with zero attached hydrogens (tertiary/aromatic N) is 3. The van der Waals surface area contributed by atoms with Crippen LogP contribution in [0.3, 0.4) is 0 Å². The lowest BCUT2D eigenvalue weighted by molar-refractivity contribution is 0.101. The molecule has 1 N–H and O–H groups in total. The molecule has 162 valence electrons. The van der Waals surface area contributed by atoms with Gasteiger partial charge in [0.25, 0.3) is 5.91 Å². The molecule has 4 rings (SSSR count). The van der Waals surface area contributed by atoms with Crippen LogP contribution in [0.25, 0.3) is 0 Å². The highest BCUT2D eigenvalue weighted by molar-refractivity contribution is 7.89. The molecule has 2 aromatic rings. The standard InChI is InChI=1S/C22H30N4O3S/c1-24-17-18(30(28,29)26-14-8-9-15-26)16-21(24)22(27)23-19-10-4-5-11-20(19)25-12-6-2-3-7-13-25/h4-5,10-11,16-17H,2-3,6-9,12-15H2,1H3,(H,23,27). The highest BCUT2D eigenvalue weighted by Crippen LogP contribution is 2.29. The summed E-state index contributed by atoms with van der Waals surface area (Å²) in [5.41, 5.74) is 2.11. The largest absolute Gasteiger partial charge is 0.370 e. The first-order valence-corrected chi connectivity index (χ1v) is 12.2. The molecule has 1 aromatic heterocycles. The number of aromatic nitrogens is 1. The zero-order valence-electron chi connectivity index (χ0n) is 17.5. The van der Waals surface area contributed by atoms with Crippen LogP contribution in [0.15, 0.2) is 41.4 Å². The molecule has 2 aliphatic rings. The highest BCUT2D eigenvalue weighted by atomic mass is 32.2. The molecular weight excluding hydrogens is 400 g/mol. The minimum absolute atomic E-state index is 0.179. The van der Waals surface area contributed by atoms with Crippen LogP contribution >= 0.6 is 0 Å². The number of para-hydroxylation sites is 2. The van der Waals surface area contributed by atoms with E-state index < -0.39 is 10.0 Å². The van der Waals surface area contributed by atoms with Gasteiger partial charge in [0, 0.05) is 39.4 Å². The average Bonchev–Trinajstić information content (AvgIpc) is 3.33. The summed E-state index contributed by atoms with van der Waals surface area (Å²) in [6, 6.07) is 9.32. The Hall–Kier alpha value is -2.32. The first kappa shape index (κ1) is 20.9. The smallest absolute Gasteiger partial charge is 0.272 e. The zero-order valence-corrected chi connectivity index (χ0v) is 18.3. The summed E-state index contributed by atoms with van der Waals surface area (Å²) in [7, 11) is -1.84. The first-order chi connectivity index (χ1) is 14.5. The summed E-state index contributed by atoms with van der Waals surface area (Å²) in [6.07, 6.45) is 8.07. The van der Waals surface area contributed by atoms with Crippen molar-refractivity contribution in [3.63, 3.8) is 0 Å². The molecule has 0 aliphatic carbocycles. The molecule has 1 amide bonds. The Morgan fingerprint density at radius 1 is 0.933 bits per heavy atom. The van der Waals surface area contributed by atoms with Crippen LogP contribution in [-0.4, -0.2) is 49.4 Å². The second kappa shape index (κ2) is 8.81. The summed E-state index contributed by atoms with van der Waals surface area (Å²) >= 11 is 0. The van der Waals surface area contributed by atoms with Gasteiger partial charge in [0.1, 0.15) is 10.6 Å². The number of amides is 1. The predicted octanol–water partition coefficient (Wildman–Crippen LogP) is 3.44. The van der Waals surface area contributed by atoms with Gasteiger partial charge in [-0.15, -0.1) is 0 Å². The minimum atomic E-state index is -3.55. The molecule has 2 fully saturated rings. The maximum Gasteiger partial charge on any atom is 0.272 e. The van der Waals surface area contributed by atoms with Crippen molar-refractivity contribution in [2.75, 3.05) is 36.4 Å². The number of carbonyl (C=O) groups is 1. The number of benzene rings is 1. The third-order valence-electron chi connectivity index (χ3n) is 6.01. The number of rotatable bonds is 5. The topological polar surface area (TPSA) is 74.6 Å². The molecule has 2 aliphatic heterocycles. The monoisotopic (exact) mass is 430 g/mol. The molecule has 0 saturated carbocycles. The second-order valence-electron chi connectivity index (χ2n) is 8.16. The molecule has 7 nitrogen and oxygen atoms in total. The van der Waals surface area contributed by atoms with E-state index in [1.165, 1.54) is 29.4 Å². The first-order valence-electron chi connectivity index (χ1n) is 10.8. The van der Waals surface area contributed by atoms with E-state index in [1.54, 1.807) is 11.6 Å². The molecule has 0 unspecified atom stereocenters. The number of hydrogen-bond acceptors (Lipinski definition) is 4. The number of hydrogen-bond donors (Lipinski definition) is 1. The van der Waals surface area contributed by atoms with Crippen LogP contribution in [0.1, 0.15) is 49.0 Å². The molecule has 30 heavy (non-hydrogen) atoms. The summed E-state index contributed by atoms with van der Waals surface area (Å²) in [4.78, 5) is 15.5. The molecular formula is C22H30N4O3S. The Bertz CT molecular complexity index is 1000. The molecule has 8 heteroatoms. The van der Waals surface area contributed by atoms with E-state index >= 15 is 0 Å². The average molecular weight is 431 g/mol. The lowest BCUT2D eigenvalue weighted by Gasteiger charge is -2.25. The quantitative estimate of drug-likeness (QED) is 0.789. The Morgan fingerprint density at radius 2 is 1.57 bits per heavy atom. The van der Waals surface area contributed by atoms with E-state index in [-0.39, 0.29) is 10.8 Å². The van der Waals surface area contributed by atoms with Crippen LogP contribution < -0.4 is 10.2 Å². The second-order valence-corrected chi connectivity index (χ2v) is 10.1. The van der Waals surface area contributed by atoms with Crippen molar-refractivity contribution in [3.8, 4) is 0 Å². The SMILES string of the molecule is Cn1cc(S(=O)(=O)N2CCCC2)cc1C(=O)Nc1ccccc1N1CCCCCC1. The van der Waals surface area contributed by atoms with Crippen molar-refractivity contribution >= 4 is 27.3 Å². The van der Waals surface area contributed by atoms with Gasteiger partial charge in [0.15, 0.2) is 0 Å². The van der Waals surface area contributed by atoms with Gasteiger partial charge in [0.05, 0.1) is 11.4 Å². The number of carbonyl (C=O) groups excluding carboxylic acids is 1. The lowest BCUT2D eigenvalue weighted by Crippen LogP contribution is -2.27. The maximum absolute atomic E-state index is 13.0. The number of sulfonamides is 1. The molecule has 0 spiro atoms. The van der Waals surface area contributed by atoms with Crippen molar-refractivity contribution < 1.29 is 13.2 Å². The normalized spacial score (nSPS) is 18.4. The molecule has 0 radical (unpaired) electrons. The van der Waals surface area contributed by atoms with Crippen molar-refractivity contribution in [2.45, 2.75) is 43.4 Å². The van der Waals surface area contributed by atoms with Crippen molar-refractivity contribution in [1.82, 2.24) is 8.87 Å². The van der Waals surface area contributed by atoms with E-state index in [2.05, 4.69) is 10.2 Å². The summed E-state index contributed by atoms with van der Waals surface area (Å²) in [5.74, 6) is -0.303. The van der Waals surface area contributed by atoms with Crippen LogP contribution in [0.2, 0.25) is 0 Å². The number of anilines is 2. The molecule has 0 bridgehead atoms. The minimum Gasteiger partial charge on any atom is -0.370 e. The van der Waals surface area contributed by atoms with Crippen molar-refractivity contribution in [2.24, 2.45) is 7.05 Å². The molecule has 2 saturated heterocycles. The lowest BCUT2D eigenvalue weighted by atomic mass is 10.2. The predicted molar refractivity (Wildman–Crippen MR) is 118 cm³/mol. The van der Waals surface area contributed by atoms with E-state index in [0.29, 0.717) is 18.8 Å². The Labute approximate surface area is 178 Å². The summed E-state index contributed by atoms with van der Waals surface area (Å²) < 4.78 is 28.8. The maximum atomic E-state index is 13.0. The van der Waals surface area contributed by atoms with Gasteiger partial charge in [-0.1, -0.05) is 25.0 Å². The van der Waals surface area contributed by atoms with Gasteiger partial charge in [0.2, 0.25) is 10.0 Å². The number of nitrogens with one attached hydrogen (secondary N) is 1. The van der Waals surface area contributed by atoms with Crippen molar-refractivity contribution in [3.05, 3.63) is 42.2 Å². The fourth-order valence-electron chi connectivity index (χ4n) is 4.33. The van der Waals surface area contributed by atoms with Crippen LogP contribution in [0, 0.1) is 0 Å². The Morgan fingerprint density at radius 3 is 2.27 bits per heavy atom. The van der Waals surface area contributed by atoms with Gasteiger partial charge in [-0.25, -0.2) is 8.42 Å². The van der Waals surface area contributed by atoms with E-state index in [1.807, 2.05) is 24.3 Å². The molecule has 3 heterocycles. The van der Waals surface area contributed by atoms with E-state index in [4.69, 9.17) is 0 Å². The Kier molecular flexibility index (Phi) is 6.15. The molecule has 1 aromatic carbocycles. The third-order valence-corrected chi connectivity index (χ3v) is 7.88. The molecule has 0 atom stereocenters. The van der Waals surface area contributed by atoms with Gasteiger partial charge in [-0.3, -0.25) is 4.79 Å². The van der Waals surface area contributed by atoms with Gasteiger partial charge in [-0.2, -0.15) is 4.31 Å². The summed E-state index contributed by atoms with van der Waals surface area (Å²) in [6.45, 7) is 3.05. The van der Waals surface area contributed by atoms with Crippen LogP contribution in [-0.2, 0) is 17.1 Å². The van der Waals surface area contributed by atoms with Crippen molar-refractivity contribution in [1.29, 1.82) is 0 Å². The van der Waals surface area contributed by atoms with E-state index in [0.717, 1.165) is 50.1 Å². The summed E-state index contributed by atoms with van der Waals surface area (Å²) in [5, 5.41) is 3.01. The Balaban J connectivity index is 1.56.